The molecule has 152 valence electrons. The molecule has 0 amide bonds. The van der Waals surface area contributed by atoms with Gasteiger partial charge >= 0.3 is 0 Å². The molecule has 0 radical (unpaired) electrons. The number of fused-ring (bicyclic) bond motifs is 5. The Bertz CT molecular complexity index is 1440. The Morgan fingerprint density at radius 2 is 1.25 bits per heavy atom. The molecule has 32 heavy (non-hydrogen) atoms. The Morgan fingerprint density at radius 3 is 2.09 bits per heavy atom. The predicted molar refractivity (Wildman–Crippen MR) is 137 cm³/mol. The highest BCUT2D eigenvalue weighted by molar-refractivity contribution is 6.01. The summed E-state index contributed by atoms with van der Waals surface area (Å²) in [5.74, 6) is 0. The zero-order valence-electron chi connectivity index (χ0n) is 17.8. The van der Waals surface area contributed by atoms with Gasteiger partial charge in [-0.15, -0.1) is 0 Å². The molecular formula is C31H23N. The Morgan fingerprint density at radius 1 is 0.562 bits per heavy atom. The molecule has 1 aliphatic rings. The molecule has 0 aliphatic heterocycles. The molecule has 5 aromatic rings. The van der Waals surface area contributed by atoms with Crippen LogP contribution in [0.1, 0.15) is 22.3 Å². The summed E-state index contributed by atoms with van der Waals surface area (Å²) in [6.07, 6.45) is 5.31. The first kappa shape index (κ1) is 18.7. The van der Waals surface area contributed by atoms with Crippen LogP contribution >= 0.6 is 0 Å². The fourth-order valence-corrected chi connectivity index (χ4v) is 4.63. The predicted octanol–water partition coefficient (Wildman–Crippen LogP) is 8.33. The van der Waals surface area contributed by atoms with Gasteiger partial charge in [-0.2, -0.15) is 0 Å². The van der Waals surface area contributed by atoms with Gasteiger partial charge in [-0.3, -0.25) is 0 Å². The van der Waals surface area contributed by atoms with Crippen LogP contribution in [0, 0.1) is 0 Å². The Kier molecular flexibility index (Phi) is 4.58. The molecule has 0 saturated heterocycles. The van der Waals surface area contributed by atoms with Crippen LogP contribution in [0.2, 0.25) is 0 Å². The highest BCUT2D eigenvalue weighted by atomic mass is 14.9. The van der Waals surface area contributed by atoms with E-state index in [0.717, 1.165) is 17.8 Å². The van der Waals surface area contributed by atoms with Crippen molar-refractivity contribution >= 4 is 34.3 Å². The number of hydrogen-bond donors (Lipinski definition) is 1. The second-order valence-corrected chi connectivity index (χ2v) is 8.36. The van der Waals surface area contributed by atoms with Crippen LogP contribution in [-0.2, 0) is 6.42 Å². The highest BCUT2D eigenvalue weighted by Gasteiger charge is 2.20. The molecular weight excluding hydrogens is 386 g/mol. The standard InChI is InChI=1S/C31H23N/c1-2-6-22(7-3-1)10-11-23-12-17-27(18-13-23)32-28-19-16-25-20-26-15-14-24-8-4-5-9-29(24)31(26)30(25)21-28/h1-19,21,32H,20H2. The van der Waals surface area contributed by atoms with Gasteiger partial charge in [-0.05, 0) is 74.8 Å². The molecule has 6 rings (SSSR count). The normalized spacial score (nSPS) is 12.1. The molecule has 0 unspecified atom stereocenters. The van der Waals surface area contributed by atoms with Crippen molar-refractivity contribution in [1.82, 2.24) is 0 Å². The van der Waals surface area contributed by atoms with Crippen molar-refractivity contribution in [3.05, 3.63) is 131 Å². The Hall–Kier alpha value is -4.10. The SMILES string of the molecule is C(=Cc1ccc(Nc2ccc3c(c2)-c2c(ccc4ccccc24)C3)cc1)c1ccccc1. The van der Waals surface area contributed by atoms with E-state index < -0.39 is 0 Å². The zero-order chi connectivity index (χ0) is 21.3. The summed E-state index contributed by atoms with van der Waals surface area (Å²) in [4.78, 5) is 0. The number of nitrogens with one attached hydrogen (secondary N) is 1. The van der Waals surface area contributed by atoms with Gasteiger partial charge in [0.05, 0.1) is 0 Å². The summed E-state index contributed by atoms with van der Waals surface area (Å²) in [5, 5.41) is 6.23. The fraction of sp³-hybridized carbons (Fsp3) is 0.0323. The van der Waals surface area contributed by atoms with E-state index in [-0.39, 0.29) is 0 Å². The molecule has 0 aromatic heterocycles. The molecule has 0 spiro atoms. The van der Waals surface area contributed by atoms with Crippen molar-refractivity contribution in [1.29, 1.82) is 0 Å². The van der Waals surface area contributed by atoms with E-state index in [4.69, 9.17) is 0 Å². The molecule has 0 saturated carbocycles. The number of rotatable bonds is 4. The largest absolute Gasteiger partial charge is 0.356 e. The lowest BCUT2D eigenvalue weighted by atomic mass is 9.98. The molecule has 0 heterocycles. The molecule has 5 aromatic carbocycles. The lowest BCUT2D eigenvalue weighted by molar-refractivity contribution is 1.27. The van der Waals surface area contributed by atoms with Gasteiger partial charge in [0.1, 0.15) is 0 Å². The number of anilines is 2. The topological polar surface area (TPSA) is 12.0 Å². The number of hydrogen-bond acceptors (Lipinski definition) is 1. The van der Waals surface area contributed by atoms with E-state index in [1.807, 2.05) is 6.07 Å². The van der Waals surface area contributed by atoms with Gasteiger partial charge in [0.25, 0.3) is 0 Å². The maximum absolute atomic E-state index is 3.59. The lowest BCUT2D eigenvalue weighted by Gasteiger charge is -2.11. The van der Waals surface area contributed by atoms with Crippen molar-refractivity contribution in [3.8, 4) is 11.1 Å². The van der Waals surface area contributed by atoms with E-state index in [9.17, 15) is 0 Å². The third-order valence-electron chi connectivity index (χ3n) is 6.24. The van der Waals surface area contributed by atoms with Gasteiger partial charge < -0.3 is 5.32 Å². The maximum atomic E-state index is 3.59. The van der Waals surface area contributed by atoms with Crippen LogP contribution in [0.3, 0.4) is 0 Å². The molecule has 1 aliphatic carbocycles. The third kappa shape index (κ3) is 3.48. The molecule has 1 N–H and O–H groups in total. The van der Waals surface area contributed by atoms with E-state index in [1.165, 1.54) is 44.2 Å². The van der Waals surface area contributed by atoms with Gasteiger partial charge in [0, 0.05) is 11.4 Å². The summed E-state index contributed by atoms with van der Waals surface area (Å²) in [6.45, 7) is 0. The summed E-state index contributed by atoms with van der Waals surface area (Å²) in [6, 6.07) is 38.9. The second-order valence-electron chi connectivity index (χ2n) is 8.36. The zero-order valence-corrected chi connectivity index (χ0v) is 17.8. The lowest BCUT2D eigenvalue weighted by Crippen LogP contribution is -1.91. The van der Waals surface area contributed by atoms with Gasteiger partial charge in [-0.1, -0.05) is 97.1 Å². The molecule has 0 atom stereocenters. The summed E-state index contributed by atoms with van der Waals surface area (Å²) < 4.78 is 0. The smallest absolute Gasteiger partial charge is 0.0390 e. The summed E-state index contributed by atoms with van der Waals surface area (Å²) >= 11 is 0. The average Bonchev–Trinajstić information content (AvgIpc) is 3.23. The second kappa shape index (κ2) is 7.86. The van der Waals surface area contributed by atoms with Crippen molar-refractivity contribution < 1.29 is 0 Å². The quantitative estimate of drug-likeness (QED) is 0.289. The summed E-state index contributed by atoms with van der Waals surface area (Å²) in [7, 11) is 0. The van der Waals surface area contributed by atoms with Crippen LogP contribution in [0.4, 0.5) is 11.4 Å². The van der Waals surface area contributed by atoms with Gasteiger partial charge in [0.2, 0.25) is 0 Å². The average molecular weight is 410 g/mol. The molecule has 0 bridgehead atoms. The van der Waals surface area contributed by atoms with Crippen LogP contribution in [0.25, 0.3) is 34.1 Å². The van der Waals surface area contributed by atoms with Gasteiger partial charge in [0.15, 0.2) is 0 Å². The van der Waals surface area contributed by atoms with E-state index >= 15 is 0 Å². The first-order valence-electron chi connectivity index (χ1n) is 11.1. The molecule has 1 heteroatoms. The third-order valence-corrected chi connectivity index (χ3v) is 6.24. The monoisotopic (exact) mass is 409 g/mol. The van der Waals surface area contributed by atoms with Crippen LogP contribution < -0.4 is 5.32 Å². The van der Waals surface area contributed by atoms with Crippen LogP contribution in [0.15, 0.2) is 109 Å². The minimum absolute atomic E-state index is 1.01. The van der Waals surface area contributed by atoms with E-state index in [0.29, 0.717) is 0 Å². The van der Waals surface area contributed by atoms with Gasteiger partial charge in [-0.25, -0.2) is 0 Å². The van der Waals surface area contributed by atoms with E-state index in [2.05, 4.69) is 121 Å². The van der Waals surface area contributed by atoms with Crippen molar-refractivity contribution in [2.75, 3.05) is 5.32 Å². The minimum atomic E-state index is 1.01. The maximum Gasteiger partial charge on any atom is 0.0390 e. The number of benzene rings is 5. The van der Waals surface area contributed by atoms with Crippen LogP contribution in [-0.4, -0.2) is 0 Å². The Labute approximate surface area is 188 Å². The fourth-order valence-electron chi connectivity index (χ4n) is 4.63. The molecule has 0 fully saturated rings. The first-order chi connectivity index (χ1) is 15.8. The Balaban J connectivity index is 1.26. The molecule has 1 nitrogen and oxygen atoms in total. The van der Waals surface area contributed by atoms with Crippen molar-refractivity contribution in [3.63, 3.8) is 0 Å². The van der Waals surface area contributed by atoms with Crippen molar-refractivity contribution in [2.45, 2.75) is 6.42 Å². The minimum Gasteiger partial charge on any atom is -0.356 e. The van der Waals surface area contributed by atoms with Crippen LogP contribution in [0.5, 0.6) is 0 Å². The first-order valence-corrected chi connectivity index (χ1v) is 11.1. The van der Waals surface area contributed by atoms with E-state index in [1.54, 1.807) is 0 Å². The highest BCUT2D eigenvalue weighted by Crippen LogP contribution is 2.42. The van der Waals surface area contributed by atoms with Crippen molar-refractivity contribution in [2.24, 2.45) is 0 Å². The summed E-state index contributed by atoms with van der Waals surface area (Å²) in [5.41, 5.74) is 10.2.